The van der Waals surface area contributed by atoms with Gasteiger partial charge in [0.15, 0.2) is 5.16 Å². The fourth-order valence-electron chi connectivity index (χ4n) is 1.99. The zero-order valence-corrected chi connectivity index (χ0v) is 12.3. The summed E-state index contributed by atoms with van der Waals surface area (Å²) in [6, 6.07) is 15.5. The molecule has 1 heterocycles. The summed E-state index contributed by atoms with van der Waals surface area (Å²) in [6.07, 6.45) is 0. The zero-order valence-electron chi connectivity index (χ0n) is 11.5. The van der Waals surface area contributed by atoms with Crippen molar-refractivity contribution in [3.8, 4) is 11.8 Å². The molecule has 2 aromatic carbocycles. The van der Waals surface area contributed by atoms with Gasteiger partial charge in [-0.2, -0.15) is 5.26 Å². The minimum Gasteiger partial charge on any atom is -0.497 e. The Morgan fingerprint density at radius 3 is 2.76 bits per heavy atom. The van der Waals surface area contributed by atoms with Gasteiger partial charge in [0.05, 0.1) is 29.8 Å². The maximum atomic E-state index is 8.78. The molecule has 0 radical (unpaired) electrons. The number of thioether (sulfide) groups is 1. The normalized spacial score (nSPS) is 10.5. The Morgan fingerprint density at radius 2 is 2.05 bits per heavy atom. The lowest BCUT2D eigenvalue weighted by molar-refractivity contribution is 0.415. The van der Waals surface area contributed by atoms with Gasteiger partial charge in [0.25, 0.3) is 0 Å². The topological polar surface area (TPSA) is 61.7 Å². The van der Waals surface area contributed by atoms with Gasteiger partial charge < -0.3 is 9.72 Å². The van der Waals surface area contributed by atoms with Crippen LogP contribution in [0.5, 0.6) is 5.75 Å². The van der Waals surface area contributed by atoms with E-state index in [2.05, 4.69) is 16.0 Å². The minimum atomic E-state index is 0.680. The number of fused-ring (bicyclic) bond motifs is 1. The summed E-state index contributed by atoms with van der Waals surface area (Å²) in [7, 11) is 1.65. The van der Waals surface area contributed by atoms with Crippen LogP contribution in [0.2, 0.25) is 0 Å². The third-order valence-corrected chi connectivity index (χ3v) is 4.07. The van der Waals surface area contributed by atoms with Crippen LogP contribution in [0.1, 0.15) is 11.1 Å². The number of aromatic amines is 1. The van der Waals surface area contributed by atoms with Gasteiger partial charge in [0.2, 0.25) is 0 Å². The molecular formula is C16H13N3OS. The van der Waals surface area contributed by atoms with Crippen LogP contribution in [-0.2, 0) is 5.75 Å². The van der Waals surface area contributed by atoms with Gasteiger partial charge in [-0.15, -0.1) is 0 Å². The van der Waals surface area contributed by atoms with Gasteiger partial charge in [0, 0.05) is 11.8 Å². The number of nitrogens with one attached hydrogen (secondary N) is 1. The standard InChI is InChI=1S/C16H13N3OS/c1-20-13-6-7-14-15(8-13)19-16(18-14)21-10-12-4-2-11(9-17)3-5-12/h2-8H,10H2,1H3,(H,18,19). The molecule has 0 spiro atoms. The van der Waals surface area contributed by atoms with Crippen LogP contribution < -0.4 is 4.74 Å². The number of nitriles is 1. The van der Waals surface area contributed by atoms with Gasteiger partial charge in [-0.3, -0.25) is 0 Å². The molecule has 5 heteroatoms. The van der Waals surface area contributed by atoms with E-state index >= 15 is 0 Å². The van der Waals surface area contributed by atoms with E-state index in [-0.39, 0.29) is 0 Å². The van der Waals surface area contributed by atoms with Crippen molar-refractivity contribution in [1.29, 1.82) is 5.26 Å². The average Bonchev–Trinajstić information content (AvgIpc) is 2.95. The van der Waals surface area contributed by atoms with Gasteiger partial charge in [-0.25, -0.2) is 4.98 Å². The van der Waals surface area contributed by atoms with Crippen molar-refractivity contribution in [3.63, 3.8) is 0 Å². The van der Waals surface area contributed by atoms with Crippen molar-refractivity contribution in [2.75, 3.05) is 7.11 Å². The Balaban J connectivity index is 1.74. The highest BCUT2D eigenvalue weighted by Crippen LogP contribution is 2.25. The Labute approximate surface area is 126 Å². The number of ether oxygens (including phenoxy) is 1. The minimum absolute atomic E-state index is 0.680. The molecule has 104 valence electrons. The molecule has 3 aromatic rings. The monoisotopic (exact) mass is 295 g/mol. The third-order valence-electron chi connectivity index (χ3n) is 3.13. The smallest absolute Gasteiger partial charge is 0.166 e. The first-order valence-corrected chi connectivity index (χ1v) is 7.42. The second-order valence-corrected chi connectivity index (χ2v) is 5.49. The number of imidazole rings is 1. The quantitative estimate of drug-likeness (QED) is 0.745. The molecule has 1 N–H and O–H groups in total. The fourth-order valence-corrected chi connectivity index (χ4v) is 2.83. The molecule has 21 heavy (non-hydrogen) atoms. The Hall–Kier alpha value is -2.45. The molecule has 1 aromatic heterocycles. The number of aromatic nitrogens is 2. The maximum absolute atomic E-state index is 8.78. The number of nitrogens with zero attached hydrogens (tertiary/aromatic N) is 2. The van der Waals surface area contributed by atoms with Crippen LogP contribution in [0.15, 0.2) is 47.6 Å². The van der Waals surface area contributed by atoms with Crippen LogP contribution in [0, 0.1) is 11.3 Å². The summed E-state index contributed by atoms with van der Waals surface area (Å²) in [5, 5.41) is 9.66. The van der Waals surface area contributed by atoms with Crippen molar-refractivity contribution >= 4 is 22.8 Å². The van der Waals surface area contributed by atoms with E-state index < -0.39 is 0 Å². The molecule has 0 bridgehead atoms. The molecule has 3 rings (SSSR count). The van der Waals surface area contributed by atoms with Crippen molar-refractivity contribution < 1.29 is 4.74 Å². The predicted molar refractivity (Wildman–Crippen MR) is 83.4 cm³/mol. The number of hydrogen-bond donors (Lipinski definition) is 1. The van der Waals surface area contributed by atoms with E-state index in [0.717, 1.165) is 33.3 Å². The van der Waals surface area contributed by atoms with E-state index in [0.29, 0.717) is 5.56 Å². The van der Waals surface area contributed by atoms with Crippen molar-refractivity contribution in [2.45, 2.75) is 10.9 Å². The van der Waals surface area contributed by atoms with Gasteiger partial charge in [-0.1, -0.05) is 23.9 Å². The highest BCUT2D eigenvalue weighted by molar-refractivity contribution is 7.98. The Morgan fingerprint density at radius 1 is 1.24 bits per heavy atom. The highest BCUT2D eigenvalue weighted by atomic mass is 32.2. The predicted octanol–water partition coefficient (Wildman–Crippen LogP) is 3.74. The molecular weight excluding hydrogens is 282 g/mol. The lowest BCUT2D eigenvalue weighted by Crippen LogP contribution is -1.82. The van der Waals surface area contributed by atoms with Gasteiger partial charge >= 0.3 is 0 Å². The zero-order chi connectivity index (χ0) is 14.7. The lowest BCUT2D eigenvalue weighted by atomic mass is 10.2. The summed E-state index contributed by atoms with van der Waals surface area (Å²) in [5.74, 6) is 1.62. The molecule has 0 saturated heterocycles. The highest BCUT2D eigenvalue weighted by Gasteiger charge is 2.05. The summed E-state index contributed by atoms with van der Waals surface area (Å²) in [4.78, 5) is 7.82. The van der Waals surface area contributed by atoms with Crippen LogP contribution in [0.25, 0.3) is 11.0 Å². The van der Waals surface area contributed by atoms with E-state index in [1.807, 2.05) is 42.5 Å². The molecule has 0 aliphatic heterocycles. The van der Waals surface area contributed by atoms with Crippen molar-refractivity contribution in [2.24, 2.45) is 0 Å². The Kier molecular flexibility index (Phi) is 3.80. The van der Waals surface area contributed by atoms with Crippen LogP contribution >= 0.6 is 11.8 Å². The maximum Gasteiger partial charge on any atom is 0.166 e. The SMILES string of the molecule is COc1ccc2nc(SCc3ccc(C#N)cc3)[nH]c2c1. The summed E-state index contributed by atoms with van der Waals surface area (Å²) in [5.41, 5.74) is 3.74. The number of benzene rings is 2. The van der Waals surface area contributed by atoms with E-state index in [9.17, 15) is 0 Å². The third kappa shape index (κ3) is 3.01. The molecule has 4 nitrogen and oxygen atoms in total. The average molecular weight is 295 g/mol. The van der Waals surface area contributed by atoms with Crippen LogP contribution in [0.3, 0.4) is 0 Å². The molecule has 0 aliphatic carbocycles. The molecule has 0 saturated carbocycles. The molecule has 0 aliphatic rings. The second kappa shape index (κ2) is 5.90. The number of H-pyrrole nitrogens is 1. The second-order valence-electron chi connectivity index (χ2n) is 4.52. The number of rotatable bonds is 4. The largest absolute Gasteiger partial charge is 0.497 e. The van der Waals surface area contributed by atoms with Gasteiger partial charge in [-0.05, 0) is 29.8 Å². The molecule has 0 atom stereocenters. The molecule has 0 unspecified atom stereocenters. The first kappa shape index (κ1) is 13.5. The Bertz CT molecular complexity index is 802. The van der Waals surface area contributed by atoms with Crippen LogP contribution in [-0.4, -0.2) is 17.1 Å². The first-order chi connectivity index (χ1) is 10.3. The number of methoxy groups -OCH3 is 1. The van der Waals surface area contributed by atoms with Gasteiger partial charge in [0.1, 0.15) is 5.75 Å². The fraction of sp³-hybridized carbons (Fsp3) is 0.125. The van der Waals surface area contributed by atoms with Crippen molar-refractivity contribution in [3.05, 3.63) is 53.6 Å². The lowest BCUT2D eigenvalue weighted by Gasteiger charge is -1.98. The molecule has 0 fully saturated rings. The first-order valence-electron chi connectivity index (χ1n) is 6.44. The van der Waals surface area contributed by atoms with E-state index in [4.69, 9.17) is 10.00 Å². The molecule has 0 amide bonds. The van der Waals surface area contributed by atoms with E-state index in [1.165, 1.54) is 0 Å². The summed E-state index contributed by atoms with van der Waals surface area (Å²) in [6.45, 7) is 0. The summed E-state index contributed by atoms with van der Waals surface area (Å²) < 4.78 is 5.20. The summed E-state index contributed by atoms with van der Waals surface area (Å²) >= 11 is 1.64. The van der Waals surface area contributed by atoms with E-state index in [1.54, 1.807) is 18.9 Å². The number of hydrogen-bond acceptors (Lipinski definition) is 4. The van der Waals surface area contributed by atoms with Crippen LogP contribution in [0.4, 0.5) is 0 Å². The van der Waals surface area contributed by atoms with Crippen molar-refractivity contribution in [1.82, 2.24) is 9.97 Å².